The summed E-state index contributed by atoms with van der Waals surface area (Å²) in [4.78, 5) is 18.9. The molecule has 0 bridgehead atoms. The highest BCUT2D eigenvalue weighted by atomic mass is 35.5. The van der Waals surface area contributed by atoms with Gasteiger partial charge in [0.05, 0.1) is 17.7 Å². The molecule has 0 radical (unpaired) electrons. The van der Waals surface area contributed by atoms with E-state index in [1.54, 1.807) is 0 Å². The maximum absolute atomic E-state index is 9.88. The maximum Gasteiger partial charge on any atom is 0.166 e. The van der Waals surface area contributed by atoms with E-state index in [0.717, 1.165) is 48.7 Å². The molecular weight excluding hydrogens is 376 g/mol. The lowest BCUT2D eigenvalue weighted by Crippen LogP contribution is -2.45. The summed E-state index contributed by atoms with van der Waals surface area (Å²) >= 11 is 6.47. The van der Waals surface area contributed by atoms with Crippen molar-refractivity contribution in [3.63, 3.8) is 0 Å². The number of aryl methyl sites for hydroxylation is 1. The quantitative estimate of drug-likeness (QED) is 0.726. The number of aromatic nitrogens is 4. The van der Waals surface area contributed by atoms with Crippen LogP contribution < -0.4 is 4.90 Å². The van der Waals surface area contributed by atoms with Crippen molar-refractivity contribution in [2.24, 2.45) is 0 Å². The molecule has 4 rings (SSSR count). The third-order valence-electron chi connectivity index (χ3n) is 5.26. The second-order valence-corrected chi connectivity index (χ2v) is 7.78. The van der Waals surface area contributed by atoms with Crippen LogP contribution >= 0.6 is 11.6 Å². The molecule has 8 heteroatoms. The highest BCUT2D eigenvalue weighted by Gasteiger charge is 2.26. The zero-order chi connectivity index (χ0) is 19.8. The summed E-state index contributed by atoms with van der Waals surface area (Å²) in [5.41, 5.74) is 2.31. The Bertz CT molecular complexity index is 996. The lowest BCUT2D eigenvalue weighted by molar-refractivity contribution is 0.242. The largest absolute Gasteiger partial charge is 0.394 e. The summed E-state index contributed by atoms with van der Waals surface area (Å²) in [5, 5.41) is 10.5. The van der Waals surface area contributed by atoms with Gasteiger partial charge in [0.15, 0.2) is 17.0 Å². The molecule has 1 saturated heterocycles. The van der Waals surface area contributed by atoms with Crippen molar-refractivity contribution in [1.29, 1.82) is 0 Å². The van der Waals surface area contributed by atoms with E-state index in [0.29, 0.717) is 16.7 Å². The lowest BCUT2D eigenvalue weighted by atomic mass is 10.2. The highest BCUT2D eigenvalue weighted by Crippen LogP contribution is 2.34. The molecule has 148 valence electrons. The van der Waals surface area contributed by atoms with Crippen LogP contribution in [0.4, 0.5) is 5.82 Å². The Morgan fingerprint density at radius 1 is 1.11 bits per heavy atom. The average Bonchev–Trinajstić information content (AvgIpc) is 3.06. The van der Waals surface area contributed by atoms with Gasteiger partial charge in [-0.3, -0.25) is 0 Å². The topological polar surface area (TPSA) is 70.3 Å². The molecule has 0 amide bonds. The number of likely N-dealkylation sites (N-methyl/N-ethyl adjacent to an activating group) is 1. The second-order valence-electron chi connectivity index (χ2n) is 7.37. The van der Waals surface area contributed by atoms with E-state index in [2.05, 4.69) is 21.8 Å². The molecule has 0 saturated carbocycles. The SMILES string of the molecule is Cc1nc(N2CCN(C)CC2)c2nc(-c3ccccc3Cl)n([C@@H](C)CO)c2n1. The van der Waals surface area contributed by atoms with E-state index in [4.69, 9.17) is 21.6 Å². The van der Waals surface area contributed by atoms with Gasteiger partial charge in [0, 0.05) is 31.7 Å². The zero-order valence-electron chi connectivity index (χ0n) is 16.4. The first kappa shape index (κ1) is 19.1. The summed E-state index contributed by atoms with van der Waals surface area (Å²) < 4.78 is 1.98. The highest BCUT2D eigenvalue weighted by molar-refractivity contribution is 6.33. The number of halogens is 1. The molecule has 1 aliphatic heterocycles. The minimum Gasteiger partial charge on any atom is -0.394 e. The molecule has 0 spiro atoms. The minimum absolute atomic E-state index is 0.0181. The Morgan fingerprint density at radius 2 is 1.82 bits per heavy atom. The molecule has 1 N–H and O–H groups in total. The molecule has 7 nitrogen and oxygen atoms in total. The van der Waals surface area contributed by atoms with Crippen LogP contribution in [0.1, 0.15) is 18.8 Å². The van der Waals surface area contributed by atoms with Gasteiger partial charge in [-0.25, -0.2) is 15.0 Å². The standard InChI is InChI=1S/C20H25ClN6O/c1-13(12-28)27-18(15-6-4-5-7-16(15)21)24-17-19(22-14(2)23-20(17)27)26-10-8-25(3)9-11-26/h4-7,13,28H,8-12H2,1-3H3/t13-/m0/s1. The average molecular weight is 401 g/mol. The van der Waals surface area contributed by atoms with Crippen LogP contribution in [0.15, 0.2) is 24.3 Å². The number of aliphatic hydroxyl groups excluding tert-OH is 1. The molecule has 3 heterocycles. The number of piperazine rings is 1. The van der Waals surface area contributed by atoms with Crippen LogP contribution in [0.25, 0.3) is 22.6 Å². The number of nitrogens with zero attached hydrogens (tertiary/aromatic N) is 6. The van der Waals surface area contributed by atoms with Crippen LogP contribution in [0, 0.1) is 6.92 Å². The maximum atomic E-state index is 9.88. The second kappa shape index (κ2) is 7.66. The molecule has 0 aliphatic carbocycles. The molecule has 1 atom stereocenters. The lowest BCUT2D eigenvalue weighted by Gasteiger charge is -2.33. The van der Waals surface area contributed by atoms with Crippen molar-refractivity contribution in [3.05, 3.63) is 35.1 Å². The van der Waals surface area contributed by atoms with Gasteiger partial charge in [0.1, 0.15) is 11.6 Å². The van der Waals surface area contributed by atoms with Crippen molar-refractivity contribution in [3.8, 4) is 11.4 Å². The van der Waals surface area contributed by atoms with Gasteiger partial charge in [0.2, 0.25) is 0 Å². The fraction of sp³-hybridized carbons (Fsp3) is 0.450. The van der Waals surface area contributed by atoms with E-state index >= 15 is 0 Å². The minimum atomic E-state index is -0.189. The van der Waals surface area contributed by atoms with Crippen molar-refractivity contribution in [2.45, 2.75) is 19.9 Å². The van der Waals surface area contributed by atoms with Crippen molar-refractivity contribution < 1.29 is 5.11 Å². The number of aliphatic hydroxyl groups is 1. The Labute approximate surface area is 169 Å². The molecule has 2 aromatic heterocycles. The fourth-order valence-electron chi connectivity index (χ4n) is 3.64. The Kier molecular flexibility index (Phi) is 5.23. The first-order chi connectivity index (χ1) is 13.5. The van der Waals surface area contributed by atoms with Gasteiger partial charge >= 0.3 is 0 Å². The van der Waals surface area contributed by atoms with Gasteiger partial charge < -0.3 is 19.5 Å². The first-order valence-corrected chi connectivity index (χ1v) is 9.93. The number of rotatable bonds is 4. The molecule has 0 unspecified atom stereocenters. The van der Waals surface area contributed by atoms with Gasteiger partial charge in [-0.2, -0.15) is 0 Å². The summed E-state index contributed by atoms with van der Waals surface area (Å²) in [5.74, 6) is 2.25. The van der Waals surface area contributed by atoms with Crippen LogP contribution in [0.2, 0.25) is 5.02 Å². The summed E-state index contributed by atoms with van der Waals surface area (Å²) in [6, 6.07) is 7.44. The molecule has 3 aromatic rings. The van der Waals surface area contributed by atoms with E-state index in [9.17, 15) is 5.11 Å². The monoisotopic (exact) mass is 400 g/mol. The van der Waals surface area contributed by atoms with Gasteiger partial charge in [0.25, 0.3) is 0 Å². The van der Waals surface area contributed by atoms with Gasteiger partial charge in [-0.15, -0.1) is 0 Å². The predicted octanol–water partition coefficient (Wildman–Crippen LogP) is 2.76. The molecule has 1 aromatic carbocycles. The number of hydrogen-bond donors (Lipinski definition) is 1. The van der Waals surface area contributed by atoms with E-state index in [1.165, 1.54) is 0 Å². The Morgan fingerprint density at radius 3 is 2.50 bits per heavy atom. The normalized spacial score (nSPS) is 16.7. The molecule has 1 fully saturated rings. The van der Waals surface area contributed by atoms with Crippen LogP contribution in [0.5, 0.6) is 0 Å². The number of hydrogen-bond acceptors (Lipinski definition) is 6. The van der Waals surface area contributed by atoms with E-state index < -0.39 is 0 Å². The van der Waals surface area contributed by atoms with Crippen LogP contribution in [-0.4, -0.2) is 69.4 Å². The fourth-order valence-corrected chi connectivity index (χ4v) is 3.86. The molecule has 28 heavy (non-hydrogen) atoms. The smallest absolute Gasteiger partial charge is 0.166 e. The van der Waals surface area contributed by atoms with Crippen LogP contribution in [0.3, 0.4) is 0 Å². The predicted molar refractivity (Wildman–Crippen MR) is 112 cm³/mol. The summed E-state index contributed by atoms with van der Waals surface area (Å²) in [6.07, 6.45) is 0. The third-order valence-corrected chi connectivity index (χ3v) is 5.59. The number of fused-ring (bicyclic) bond motifs is 1. The number of imidazole rings is 1. The Balaban J connectivity index is 1.95. The van der Waals surface area contributed by atoms with Gasteiger partial charge in [-0.05, 0) is 33.0 Å². The van der Waals surface area contributed by atoms with E-state index in [1.807, 2.05) is 42.7 Å². The van der Waals surface area contributed by atoms with Crippen LogP contribution in [-0.2, 0) is 0 Å². The van der Waals surface area contributed by atoms with Crippen molar-refractivity contribution >= 4 is 28.6 Å². The number of benzene rings is 1. The van der Waals surface area contributed by atoms with Gasteiger partial charge in [-0.1, -0.05) is 23.7 Å². The first-order valence-electron chi connectivity index (χ1n) is 9.55. The molecule has 1 aliphatic rings. The summed E-state index contributed by atoms with van der Waals surface area (Å²) in [7, 11) is 2.13. The van der Waals surface area contributed by atoms with Crippen molar-refractivity contribution in [2.75, 3.05) is 44.7 Å². The molecular formula is C20H25ClN6O. The zero-order valence-corrected chi connectivity index (χ0v) is 17.2. The Hall–Kier alpha value is -2.22. The summed E-state index contributed by atoms with van der Waals surface area (Å²) in [6.45, 7) is 7.59. The number of anilines is 1. The van der Waals surface area contributed by atoms with E-state index in [-0.39, 0.29) is 12.6 Å². The van der Waals surface area contributed by atoms with Crippen molar-refractivity contribution in [1.82, 2.24) is 24.4 Å². The third kappa shape index (κ3) is 3.34.